The van der Waals surface area contributed by atoms with Crippen molar-refractivity contribution in [3.63, 3.8) is 0 Å². The van der Waals surface area contributed by atoms with Gasteiger partial charge in [0.1, 0.15) is 5.75 Å². The monoisotopic (exact) mass is 373 g/mol. The van der Waals surface area contributed by atoms with E-state index in [1.54, 1.807) is 11.8 Å². The number of aliphatic carboxylic acids is 1. The van der Waals surface area contributed by atoms with Gasteiger partial charge in [-0.05, 0) is 42.7 Å². The lowest BCUT2D eigenvalue weighted by Gasteiger charge is -2.21. The van der Waals surface area contributed by atoms with Crippen molar-refractivity contribution in [2.45, 2.75) is 32.3 Å². The summed E-state index contributed by atoms with van der Waals surface area (Å²) in [6, 6.07) is 5.76. The summed E-state index contributed by atoms with van der Waals surface area (Å²) in [5.41, 5.74) is 2.20. The highest BCUT2D eigenvalue weighted by atomic mass is 16.6. The van der Waals surface area contributed by atoms with Crippen LogP contribution in [-0.4, -0.2) is 60.1 Å². The molecule has 1 saturated heterocycles. The number of rotatable bonds is 4. The first kappa shape index (κ1) is 17.6. The second kappa shape index (κ2) is 6.75. The van der Waals surface area contributed by atoms with Crippen LogP contribution in [0.3, 0.4) is 0 Å². The predicted molar refractivity (Wildman–Crippen MR) is 97.0 cm³/mol. The summed E-state index contributed by atoms with van der Waals surface area (Å²) < 4.78 is 5.52. The maximum absolute atomic E-state index is 12.3. The molecule has 0 aliphatic carbocycles. The third kappa shape index (κ3) is 3.43. The zero-order chi connectivity index (χ0) is 19.0. The smallest absolute Gasteiger partial charge is 0.317 e. The van der Waals surface area contributed by atoms with Gasteiger partial charge in [-0.3, -0.25) is 4.79 Å². The standard InChI is InChI=1S/C19H23N3O5/c1-19(17(23)24)5-6-22(11-19)18(25)20-10-14-9-15(21-27-14)12-2-3-16-13(8-12)4-7-26-16/h2-3,8,14H,4-7,9-11H2,1H3,(H,20,25)(H,23,24). The number of carbonyl (C=O) groups is 2. The van der Waals surface area contributed by atoms with Crippen LogP contribution in [0.15, 0.2) is 23.4 Å². The predicted octanol–water partition coefficient (Wildman–Crippen LogP) is 1.62. The van der Waals surface area contributed by atoms with Crippen LogP contribution in [0, 0.1) is 5.41 Å². The summed E-state index contributed by atoms with van der Waals surface area (Å²) in [6.07, 6.45) is 1.77. The molecule has 0 radical (unpaired) electrons. The van der Waals surface area contributed by atoms with Gasteiger partial charge in [-0.2, -0.15) is 0 Å². The average molecular weight is 373 g/mol. The molecule has 4 rings (SSSR count). The lowest BCUT2D eigenvalue weighted by atomic mass is 9.90. The van der Waals surface area contributed by atoms with Crippen LogP contribution in [0.5, 0.6) is 5.75 Å². The summed E-state index contributed by atoms with van der Waals surface area (Å²) >= 11 is 0. The maximum atomic E-state index is 12.3. The van der Waals surface area contributed by atoms with Crippen LogP contribution >= 0.6 is 0 Å². The molecule has 3 aliphatic rings. The number of benzene rings is 1. The van der Waals surface area contributed by atoms with E-state index in [1.165, 1.54) is 5.56 Å². The Morgan fingerprint density at radius 3 is 3.07 bits per heavy atom. The number of carbonyl (C=O) groups excluding carboxylic acids is 1. The number of likely N-dealkylation sites (tertiary alicyclic amines) is 1. The molecule has 2 unspecified atom stereocenters. The third-order valence-electron chi connectivity index (χ3n) is 5.51. The number of carboxylic acids is 1. The first-order valence-corrected chi connectivity index (χ1v) is 9.19. The first-order valence-electron chi connectivity index (χ1n) is 9.19. The molecule has 144 valence electrons. The van der Waals surface area contributed by atoms with Crippen LogP contribution in [0.2, 0.25) is 0 Å². The molecule has 2 N–H and O–H groups in total. The van der Waals surface area contributed by atoms with Crippen molar-refractivity contribution in [2.24, 2.45) is 10.6 Å². The summed E-state index contributed by atoms with van der Waals surface area (Å²) in [5, 5.41) is 16.3. The van der Waals surface area contributed by atoms with Crippen molar-refractivity contribution in [2.75, 3.05) is 26.2 Å². The third-order valence-corrected chi connectivity index (χ3v) is 5.51. The summed E-state index contributed by atoms with van der Waals surface area (Å²) in [4.78, 5) is 30.6. The number of nitrogens with one attached hydrogen (secondary N) is 1. The molecule has 1 aromatic rings. The number of hydrogen-bond acceptors (Lipinski definition) is 5. The molecule has 8 heteroatoms. The largest absolute Gasteiger partial charge is 0.493 e. The lowest BCUT2D eigenvalue weighted by Crippen LogP contribution is -2.43. The fourth-order valence-electron chi connectivity index (χ4n) is 3.70. The lowest BCUT2D eigenvalue weighted by molar-refractivity contribution is -0.147. The highest BCUT2D eigenvalue weighted by Gasteiger charge is 2.42. The molecular formula is C19H23N3O5. The van der Waals surface area contributed by atoms with Gasteiger partial charge in [-0.15, -0.1) is 0 Å². The number of fused-ring (bicyclic) bond motifs is 1. The van der Waals surface area contributed by atoms with E-state index >= 15 is 0 Å². The molecule has 3 heterocycles. The highest BCUT2D eigenvalue weighted by Crippen LogP contribution is 2.30. The molecule has 3 aliphatic heterocycles. The Morgan fingerprint density at radius 1 is 1.44 bits per heavy atom. The van der Waals surface area contributed by atoms with E-state index in [-0.39, 0.29) is 18.7 Å². The Hall–Kier alpha value is -2.77. The molecular weight excluding hydrogens is 350 g/mol. The molecule has 1 fully saturated rings. The summed E-state index contributed by atoms with van der Waals surface area (Å²) in [6.45, 7) is 3.39. The van der Waals surface area contributed by atoms with Crippen molar-refractivity contribution < 1.29 is 24.3 Å². The van der Waals surface area contributed by atoms with Crippen molar-refractivity contribution in [3.8, 4) is 5.75 Å². The number of amides is 2. The van der Waals surface area contributed by atoms with Crippen molar-refractivity contribution in [1.29, 1.82) is 0 Å². The summed E-state index contributed by atoms with van der Waals surface area (Å²) in [5.74, 6) is 0.0655. The Bertz CT molecular complexity index is 809. The van der Waals surface area contributed by atoms with E-state index in [0.29, 0.717) is 32.5 Å². The van der Waals surface area contributed by atoms with E-state index < -0.39 is 11.4 Å². The molecule has 0 bridgehead atoms. The minimum absolute atomic E-state index is 0.220. The van der Waals surface area contributed by atoms with Gasteiger partial charge in [-0.25, -0.2) is 4.79 Å². The van der Waals surface area contributed by atoms with E-state index in [2.05, 4.69) is 16.5 Å². The number of hydrogen-bond donors (Lipinski definition) is 2. The fourth-order valence-corrected chi connectivity index (χ4v) is 3.70. The van der Waals surface area contributed by atoms with E-state index in [0.717, 1.165) is 23.4 Å². The van der Waals surface area contributed by atoms with Crippen LogP contribution in [0.4, 0.5) is 4.79 Å². The molecule has 2 amide bonds. The normalized spacial score (nSPS) is 26.2. The topological polar surface area (TPSA) is 100 Å². The zero-order valence-corrected chi connectivity index (χ0v) is 15.2. The molecule has 27 heavy (non-hydrogen) atoms. The summed E-state index contributed by atoms with van der Waals surface area (Å²) in [7, 11) is 0. The molecule has 0 aromatic heterocycles. The SMILES string of the molecule is CC1(C(=O)O)CCN(C(=O)NCC2CC(c3ccc4c(c3)CCO4)=NO2)C1. The van der Waals surface area contributed by atoms with Gasteiger partial charge in [0.05, 0.1) is 24.3 Å². The Morgan fingerprint density at radius 2 is 2.30 bits per heavy atom. The van der Waals surface area contributed by atoms with Gasteiger partial charge in [0.15, 0.2) is 6.10 Å². The van der Waals surface area contributed by atoms with Crippen LogP contribution in [0.25, 0.3) is 0 Å². The van der Waals surface area contributed by atoms with Crippen LogP contribution < -0.4 is 10.1 Å². The second-order valence-electron chi connectivity index (χ2n) is 7.61. The zero-order valence-electron chi connectivity index (χ0n) is 15.2. The van der Waals surface area contributed by atoms with Crippen LogP contribution in [-0.2, 0) is 16.1 Å². The Kier molecular flexibility index (Phi) is 4.41. The highest BCUT2D eigenvalue weighted by molar-refractivity contribution is 6.01. The number of urea groups is 1. The molecule has 0 saturated carbocycles. The minimum Gasteiger partial charge on any atom is -0.493 e. The fraction of sp³-hybridized carbons (Fsp3) is 0.526. The van der Waals surface area contributed by atoms with E-state index in [1.807, 2.05) is 12.1 Å². The number of carboxylic acid groups (broad SMARTS) is 1. The van der Waals surface area contributed by atoms with Gasteiger partial charge >= 0.3 is 12.0 Å². The van der Waals surface area contributed by atoms with Gasteiger partial charge in [0.25, 0.3) is 0 Å². The van der Waals surface area contributed by atoms with E-state index in [9.17, 15) is 14.7 Å². The van der Waals surface area contributed by atoms with Gasteiger partial charge in [0.2, 0.25) is 0 Å². The first-order chi connectivity index (χ1) is 12.9. The maximum Gasteiger partial charge on any atom is 0.317 e. The van der Waals surface area contributed by atoms with Gasteiger partial charge < -0.3 is 24.9 Å². The Balaban J connectivity index is 1.28. The number of oxime groups is 1. The van der Waals surface area contributed by atoms with Gasteiger partial charge in [-0.1, -0.05) is 5.16 Å². The molecule has 1 aromatic carbocycles. The van der Waals surface area contributed by atoms with Crippen molar-refractivity contribution in [3.05, 3.63) is 29.3 Å². The molecule has 2 atom stereocenters. The molecule has 0 spiro atoms. The molecule has 8 nitrogen and oxygen atoms in total. The minimum atomic E-state index is -0.866. The quantitative estimate of drug-likeness (QED) is 0.835. The van der Waals surface area contributed by atoms with Crippen molar-refractivity contribution >= 4 is 17.7 Å². The van der Waals surface area contributed by atoms with Gasteiger partial charge in [0, 0.05) is 25.9 Å². The van der Waals surface area contributed by atoms with Crippen molar-refractivity contribution in [1.82, 2.24) is 10.2 Å². The number of ether oxygens (including phenoxy) is 1. The Labute approximate surface area is 157 Å². The number of nitrogens with zero attached hydrogens (tertiary/aromatic N) is 2. The average Bonchev–Trinajstić information content (AvgIpc) is 3.38. The van der Waals surface area contributed by atoms with Crippen LogP contribution in [0.1, 0.15) is 30.9 Å². The second-order valence-corrected chi connectivity index (χ2v) is 7.61. The van der Waals surface area contributed by atoms with E-state index in [4.69, 9.17) is 9.57 Å².